The van der Waals surface area contributed by atoms with Gasteiger partial charge < -0.3 is 4.74 Å². The minimum absolute atomic E-state index is 0.0820. The lowest BCUT2D eigenvalue weighted by molar-refractivity contribution is -0.0922. The zero-order valence-corrected chi connectivity index (χ0v) is 27.9. The van der Waals surface area contributed by atoms with Gasteiger partial charge in [0.25, 0.3) is 0 Å². The molecule has 2 unspecified atom stereocenters. The molecule has 2 atom stereocenters. The van der Waals surface area contributed by atoms with Gasteiger partial charge in [-0.25, -0.2) is 14.6 Å². The van der Waals surface area contributed by atoms with Gasteiger partial charge in [-0.3, -0.25) is 9.38 Å². The van der Waals surface area contributed by atoms with Gasteiger partial charge in [0.2, 0.25) is 0 Å². The quantitative estimate of drug-likeness (QED) is 0.225. The number of benzene rings is 2. The normalized spacial score (nSPS) is 21.3. The van der Waals surface area contributed by atoms with Crippen LogP contribution in [0, 0.1) is 28.6 Å². The van der Waals surface area contributed by atoms with Crippen LogP contribution in [0.25, 0.3) is 28.2 Å². The van der Waals surface area contributed by atoms with Gasteiger partial charge in [-0.2, -0.15) is 0 Å². The van der Waals surface area contributed by atoms with E-state index < -0.39 is 11.7 Å². The molecule has 0 radical (unpaired) electrons. The van der Waals surface area contributed by atoms with Crippen molar-refractivity contribution in [3.05, 3.63) is 79.8 Å². The number of aromatic amines is 1. The van der Waals surface area contributed by atoms with E-state index in [9.17, 15) is 9.59 Å². The predicted octanol–water partition coefficient (Wildman–Crippen LogP) is 9.60. The first-order valence-corrected chi connectivity index (χ1v) is 15.8. The molecule has 2 aromatic heterocycles. The van der Waals surface area contributed by atoms with Gasteiger partial charge in [0, 0.05) is 34.2 Å². The van der Waals surface area contributed by atoms with Crippen LogP contribution in [0.5, 0.6) is 0 Å². The Balaban J connectivity index is 1.70. The summed E-state index contributed by atoms with van der Waals surface area (Å²) < 4.78 is 7.96. The second-order valence-corrected chi connectivity index (χ2v) is 15.3. The van der Waals surface area contributed by atoms with Crippen molar-refractivity contribution in [1.82, 2.24) is 14.4 Å². The Morgan fingerprint density at radius 2 is 1.49 bits per heavy atom. The van der Waals surface area contributed by atoms with Gasteiger partial charge in [-0.15, -0.1) is 0 Å². The zero-order chi connectivity index (χ0) is 31.4. The van der Waals surface area contributed by atoms with E-state index in [0.29, 0.717) is 37.7 Å². The molecule has 1 aliphatic rings. The number of ether oxygens (including phenoxy) is 1. The Morgan fingerprint density at radius 3 is 2.05 bits per heavy atom. The molecule has 43 heavy (non-hydrogen) atoms. The topological polar surface area (TPSA) is 76.5 Å². The molecule has 1 N–H and O–H groups in total. The third kappa shape index (κ3) is 6.38. The lowest BCUT2D eigenvalue weighted by Gasteiger charge is -2.50. The van der Waals surface area contributed by atoms with Gasteiger partial charge in [-0.1, -0.05) is 95.4 Å². The Morgan fingerprint density at radius 1 is 0.907 bits per heavy atom. The van der Waals surface area contributed by atoms with Gasteiger partial charge >= 0.3 is 11.7 Å². The number of hydrogen-bond donors (Lipinski definition) is 1. The number of rotatable bonds is 4. The van der Waals surface area contributed by atoms with Crippen LogP contribution >= 0.6 is 34.8 Å². The Hall–Kier alpha value is -2.80. The molecule has 9 heteroatoms. The first-order chi connectivity index (χ1) is 20.0. The fourth-order valence-electron chi connectivity index (χ4n) is 6.44. The highest BCUT2D eigenvalue weighted by Crippen LogP contribution is 2.50. The van der Waals surface area contributed by atoms with Crippen molar-refractivity contribution in [3.63, 3.8) is 0 Å². The van der Waals surface area contributed by atoms with Crippen LogP contribution in [0.2, 0.25) is 15.1 Å². The van der Waals surface area contributed by atoms with Crippen molar-refractivity contribution in [3.8, 4) is 22.5 Å². The van der Waals surface area contributed by atoms with E-state index in [1.807, 2.05) is 12.1 Å². The summed E-state index contributed by atoms with van der Waals surface area (Å²) in [6, 6.07) is 12.1. The SMILES string of the molecule is CC1CC(C(C)(C)C)C(OC(=O)c2c(-c3ccc(Cl)cc3)cn3c(=O)[nH]c(-c4ccc(Cl)c(Cl)c4)nc23)C(C(C)(C)C)C1. The number of hydrogen-bond acceptors (Lipinski definition) is 4. The van der Waals surface area contributed by atoms with Crippen LogP contribution in [0.1, 0.15) is 71.7 Å². The number of H-pyrrole nitrogens is 1. The first-order valence-electron chi connectivity index (χ1n) is 14.6. The van der Waals surface area contributed by atoms with Crippen LogP contribution in [0.4, 0.5) is 0 Å². The number of carbonyl (C=O) groups is 1. The highest BCUT2D eigenvalue weighted by atomic mass is 35.5. The number of nitrogens with one attached hydrogen (secondary N) is 1. The summed E-state index contributed by atoms with van der Waals surface area (Å²) in [5, 5.41) is 1.27. The van der Waals surface area contributed by atoms with Crippen molar-refractivity contribution in [2.45, 2.75) is 67.4 Å². The van der Waals surface area contributed by atoms with Crippen LogP contribution in [0.15, 0.2) is 53.5 Å². The van der Waals surface area contributed by atoms with Crippen molar-refractivity contribution in [1.29, 1.82) is 0 Å². The molecule has 1 saturated carbocycles. The lowest BCUT2D eigenvalue weighted by Crippen LogP contribution is -2.49. The van der Waals surface area contributed by atoms with E-state index in [1.165, 1.54) is 4.40 Å². The monoisotopic (exact) mass is 641 g/mol. The Kier molecular flexibility index (Phi) is 8.54. The van der Waals surface area contributed by atoms with Crippen molar-refractivity contribution < 1.29 is 9.53 Å². The average molecular weight is 643 g/mol. The molecule has 2 aromatic carbocycles. The molecule has 6 nitrogen and oxygen atoms in total. The number of esters is 1. The highest BCUT2D eigenvalue weighted by molar-refractivity contribution is 6.42. The molecule has 5 rings (SSSR count). The van der Waals surface area contributed by atoms with E-state index in [1.54, 1.807) is 36.5 Å². The van der Waals surface area contributed by atoms with E-state index in [0.717, 1.165) is 12.8 Å². The number of fused-ring (bicyclic) bond motifs is 1. The highest BCUT2D eigenvalue weighted by Gasteiger charge is 2.48. The molecular weight excluding hydrogens is 605 g/mol. The van der Waals surface area contributed by atoms with Crippen molar-refractivity contribution in [2.75, 3.05) is 0 Å². The molecule has 0 aliphatic heterocycles. The van der Waals surface area contributed by atoms with Gasteiger partial charge in [-0.05, 0) is 65.5 Å². The predicted molar refractivity (Wildman–Crippen MR) is 175 cm³/mol. The van der Waals surface area contributed by atoms with Crippen molar-refractivity contribution >= 4 is 46.4 Å². The minimum Gasteiger partial charge on any atom is -0.458 e. The van der Waals surface area contributed by atoms with Gasteiger partial charge in [0.05, 0.1) is 10.0 Å². The summed E-state index contributed by atoms with van der Waals surface area (Å²) in [7, 11) is 0. The summed E-state index contributed by atoms with van der Waals surface area (Å²) in [4.78, 5) is 35.5. The van der Waals surface area contributed by atoms with Gasteiger partial charge in [0.1, 0.15) is 17.5 Å². The lowest BCUT2D eigenvalue weighted by atomic mass is 9.59. The number of nitrogens with zero attached hydrogens (tertiary/aromatic N) is 2. The maximum atomic E-state index is 14.5. The number of halogens is 3. The molecule has 0 saturated heterocycles. The molecule has 0 spiro atoms. The van der Waals surface area contributed by atoms with E-state index in [2.05, 4.69) is 53.5 Å². The summed E-state index contributed by atoms with van der Waals surface area (Å²) in [6.45, 7) is 15.6. The second kappa shape index (κ2) is 11.6. The summed E-state index contributed by atoms with van der Waals surface area (Å²) in [6.07, 6.45) is 3.25. The maximum Gasteiger partial charge on any atom is 0.342 e. The largest absolute Gasteiger partial charge is 0.458 e. The third-order valence-electron chi connectivity index (χ3n) is 8.77. The molecular formula is C34H38Cl3N3O3. The summed E-state index contributed by atoms with van der Waals surface area (Å²) >= 11 is 18.6. The first kappa shape index (κ1) is 31.6. The number of carbonyl (C=O) groups excluding carboxylic acids is 1. The molecule has 1 aliphatic carbocycles. The van der Waals surface area contributed by atoms with Crippen molar-refractivity contribution in [2.24, 2.45) is 28.6 Å². The fraction of sp³-hybridized carbons (Fsp3) is 0.441. The standard InChI is InChI=1S/C34H38Cl3N3O3/c1-18-14-23(33(2,3)4)28(24(15-18)34(5,6)7)43-31(41)27-22(19-8-11-21(35)12-9-19)17-40-30(27)38-29(39-32(40)42)20-10-13-25(36)26(37)16-20/h8-13,16-18,23-24,28H,14-15H2,1-7H3,(H,38,39,42). The molecule has 1 fully saturated rings. The molecule has 0 amide bonds. The third-order valence-corrected chi connectivity index (χ3v) is 9.76. The van der Waals surface area contributed by atoms with Gasteiger partial charge in [0.15, 0.2) is 5.65 Å². The zero-order valence-electron chi connectivity index (χ0n) is 25.6. The minimum atomic E-state index is -0.506. The fourth-order valence-corrected chi connectivity index (χ4v) is 6.86. The summed E-state index contributed by atoms with van der Waals surface area (Å²) in [5.74, 6) is 0.573. The van der Waals surface area contributed by atoms with E-state index in [-0.39, 0.29) is 45.8 Å². The van der Waals surface area contributed by atoms with Crippen LogP contribution in [-0.4, -0.2) is 26.4 Å². The summed E-state index contributed by atoms with van der Waals surface area (Å²) in [5.41, 5.74) is 1.63. The molecule has 2 heterocycles. The Bertz CT molecular complexity index is 1700. The van der Waals surface area contributed by atoms with Crippen LogP contribution in [0.3, 0.4) is 0 Å². The number of aromatic nitrogens is 3. The van der Waals surface area contributed by atoms with E-state index in [4.69, 9.17) is 44.5 Å². The van der Waals surface area contributed by atoms with Crippen LogP contribution < -0.4 is 5.69 Å². The van der Waals surface area contributed by atoms with Crippen LogP contribution in [-0.2, 0) is 4.74 Å². The second-order valence-electron chi connectivity index (χ2n) is 14.0. The maximum absolute atomic E-state index is 14.5. The smallest absolute Gasteiger partial charge is 0.342 e. The Labute approximate surface area is 267 Å². The molecule has 0 bridgehead atoms. The molecule has 228 valence electrons. The molecule has 4 aromatic rings. The van der Waals surface area contributed by atoms with E-state index >= 15 is 0 Å². The average Bonchev–Trinajstić information content (AvgIpc) is 3.30.